The molecule has 120 valence electrons. The van der Waals surface area contributed by atoms with E-state index in [-0.39, 0.29) is 11.9 Å². The predicted molar refractivity (Wildman–Crippen MR) is 92.5 cm³/mol. The minimum atomic E-state index is -0.123. The van der Waals surface area contributed by atoms with Gasteiger partial charge in [0.15, 0.2) is 0 Å². The molecule has 1 aromatic rings. The molecule has 4 heteroatoms. The van der Waals surface area contributed by atoms with Gasteiger partial charge in [0.25, 0.3) is 0 Å². The van der Waals surface area contributed by atoms with Crippen molar-refractivity contribution in [3.05, 3.63) is 35.6 Å². The molecule has 3 atom stereocenters. The van der Waals surface area contributed by atoms with Crippen LogP contribution in [0.1, 0.15) is 31.9 Å². The van der Waals surface area contributed by atoms with Crippen LogP contribution in [0, 0.1) is 11.7 Å². The van der Waals surface area contributed by atoms with Crippen LogP contribution in [0.5, 0.6) is 0 Å². The largest absolute Gasteiger partial charge is 0.313 e. The maximum atomic E-state index is 14.0. The summed E-state index contributed by atoms with van der Waals surface area (Å²) in [7, 11) is 4.07. The van der Waals surface area contributed by atoms with Crippen LogP contribution in [0.2, 0.25) is 0 Å². The molecule has 0 bridgehead atoms. The number of hydrogen-bond acceptors (Lipinski definition) is 3. The Bertz CT molecular complexity index is 414. The third kappa shape index (κ3) is 5.61. The van der Waals surface area contributed by atoms with Crippen molar-refractivity contribution in [2.45, 2.75) is 32.4 Å². The lowest BCUT2D eigenvalue weighted by atomic mass is 9.93. The van der Waals surface area contributed by atoms with Gasteiger partial charge in [-0.3, -0.25) is 0 Å². The molecule has 1 rings (SSSR count). The van der Waals surface area contributed by atoms with Gasteiger partial charge < -0.3 is 10.2 Å². The van der Waals surface area contributed by atoms with Crippen LogP contribution >= 0.6 is 11.8 Å². The van der Waals surface area contributed by atoms with Gasteiger partial charge in [-0.2, -0.15) is 11.8 Å². The lowest BCUT2D eigenvalue weighted by Crippen LogP contribution is -2.37. The van der Waals surface area contributed by atoms with Crippen molar-refractivity contribution in [1.82, 2.24) is 10.2 Å². The average Bonchev–Trinajstić information content (AvgIpc) is 2.47. The topological polar surface area (TPSA) is 15.3 Å². The zero-order chi connectivity index (χ0) is 15.8. The van der Waals surface area contributed by atoms with Crippen molar-refractivity contribution in [2.24, 2.45) is 5.92 Å². The Morgan fingerprint density at radius 3 is 2.52 bits per heavy atom. The van der Waals surface area contributed by atoms with Gasteiger partial charge in [0.1, 0.15) is 5.82 Å². The summed E-state index contributed by atoms with van der Waals surface area (Å²) >= 11 is 1.89. The predicted octanol–water partition coefficient (Wildman–Crippen LogP) is 3.80. The number of benzene rings is 1. The van der Waals surface area contributed by atoms with Crippen LogP contribution in [0.3, 0.4) is 0 Å². The first kappa shape index (κ1) is 18.5. The molecule has 0 saturated carbocycles. The molecule has 3 unspecified atom stereocenters. The Morgan fingerprint density at radius 1 is 1.29 bits per heavy atom. The molecule has 0 fully saturated rings. The summed E-state index contributed by atoms with van der Waals surface area (Å²) in [5, 5.41) is 3.28. The van der Waals surface area contributed by atoms with Gasteiger partial charge in [0.05, 0.1) is 0 Å². The quantitative estimate of drug-likeness (QED) is 0.747. The fraction of sp³-hybridized carbons (Fsp3) is 0.647. The highest BCUT2D eigenvalue weighted by molar-refractivity contribution is 7.98. The van der Waals surface area contributed by atoms with Gasteiger partial charge in [0.2, 0.25) is 0 Å². The van der Waals surface area contributed by atoms with Crippen molar-refractivity contribution < 1.29 is 4.39 Å². The lowest BCUT2D eigenvalue weighted by molar-refractivity contribution is 0.198. The van der Waals surface area contributed by atoms with E-state index in [1.807, 2.05) is 30.9 Å². The molecular weight excluding hydrogens is 283 g/mol. The van der Waals surface area contributed by atoms with Gasteiger partial charge in [-0.05, 0) is 51.4 Å². The van der Waals surface area contributed by atoms with Gasteiger partial charge in [0, 0.05) is 24.2 Å². The third-order valence-electron chi connectivity index (χ3n) is 4.19. The molecule has 0 aromatic heterocycles. The number of halogens is 1. The average molecular weight is 312 g/mol. The number of hydrogen-bond donors (Lipinski definition) is 1. The molecular formula is C17H29FN2S. The Morgan fingerprint density at radius 2 is 1.95 bits per heavy atom. The van der Waals surface area contributed by atoms with Crippen LogP contribution < -0.4 is 5.32 Å². The van der Waals surface area contributed by atoms with Crippen molar-refractivity contribution in [1.29, 1.82) is 0 Å². The summed E-state index contributed by atoms with van der Waals surface area (Å²) < 4.78 is 14.0. The second-order valence-corrected chi connectivity index (χ2v) is 6.82. The summed E-state index contributed by atoms with van der Waals surface area (Å²) in [6.07, 6.45) is 3.33. The zero-order valence-corrected chi connectivity index (χ0v) is 14.7. The second-order valence-electron chi connectivity index (χ2n) is 5.84. The fourth-order valence-corrected chi connectivity index (χ4v) is 3.30. The number of nitrogens with zero attached hydrogens (tertiary/aromatic N) is 1. The van der Waals surface area contributed by atoms with Crippen LogP contribution in [-0.4, -0.2) is 43.6 Å². The van der Waals surface area contributed by atoms with E-state index in [9.17, 15) is 4.39 Å². The van der Waals surface area contributed by atoms with E-state index < -0.39 is 0 Å². The van der Waals surface area contributed by atoms with Crippen LogP contribution in [0.4, 0.5) is 4.39 Å². The highest BCUT2D eigenvalue weighted by Gasteiger charge is 2.22. The van der Waals surface area contributed by atoms with Crippen molar-refractivity contribution in [3.63, 3.8) is 0 Å². The maximum absolute atomic E-state index is 14.0. The van der Waals surface area contributed by atoms with Crippen molar-refractivity contribution in [3.8, 4) is 0 Å². The number of thioether (sulfide) groups is 1. The number of nitrogens with one attached hydrogen (secondary N) is 1. The first-order valence-electron chi connectivity index (χ1n) is 7.62. The summed E-state index contributed by atoms with van der Waals surface area (Å²) in [6.45, 7) is 5.40. The maximum Gasteiger partial charge on any atom is 0.127 e. The minimum Gasteiger partial charge on any atom is -0.313 e. The Balaban J connectivity index is 2.67. The van der Waals surface area contributed by atoms with E-state index in [0.717, 1.165) is 12.1 Å². The van der Waals surface area contributed by atoms with Gasteiger partial charge in [-0.15, -0.1) is 0 Å². The number of rotatable bonds is 9. The molecule has 0 aliphatic heterocycles. The molecule has 0 aliphatic carbocycles. The fourth-order valence-electron chi connectivity index (χ4n) is 2.72. The van der Waals surface area contributed by atoms with E-state index in [2.05, 4.69) is 37.4 Å². The van der Waals surface area contributed by atoms with E-state index in [0.29, 0.717) is 12.0 Å². The molecule has 0 amide bonds. The van der Waals surface area contributed by atoms with Crippen LogP contribution in [0.25, 0.3) is 0 Å². The van der Waals surface area contributed by atoms with Gasteiger partial charge in [-0.1, -0.05) is 25.1 Å². The molecule has 2 nitrogen and oxygen atoms in total. The molecule has 1 aromatic carbocycles. The lowest BCUT2D eigenvalue weighted by Gasteiger charge is -2.31. The van der Waals surface area contributed by atoms with Gasteiger partial charge in [-0.25, -0.2) is 4.39 Å². The van der Waals surface area contributed by atoms with Crippen molar-refractivity contribution in [2.75, 3.05) is 32.6 Å². The highest BCUT2D eigenvalue weighted by atomic mass is 32.2. The van der Waals surface area contributed by atoms with Crippen LogP contribution in [0.15, 0.2) is 24.3 Å². The van der Waals surface area contributed by atoms with E-state index in [1.54, 1.807) is 6.07 Å². The smallest absolute Gasteiger partial charge is 0.127 e. The van der Waals surface area contributed by atoms with E-state index in [1.165, 1.54) is 18.2 Å². The normalized spacial score (nSPS) is 16.0. The third-order valence-corrected chi connectivity index (χ3v) is 4.83. The Kier molecular flexibility index (Phi) is 8.30. The molecule has 0 saturated heterocycles. The zero-order valence-electron chi connectivity index (χ0n) is 13.9. The molecule has 0 spiro atoms. The summed E-state index contributed by atoms with van der Waals surface area (Å²) in [5.74, 6) is 1.40. The minimum absolute atomic E-state index is 0.0430. The standard InChI is InChI=1S/C17H29FN2S/c1-13(12-20(4)14(2)10-11-21-5)17(19-3)15-8-6-7-9-16(15)18/h6-9,13-14,17,19H,10-12H2,1-5H3. The summed E-state index contributed by atoms with van der Waals surface area (Å²) in [6, 6.07) is 7.66. The second kappa shape index (κ2) is 9.44. The summed E-state index contributed by atoms with van der Waals surface area (Å²) in [4.78, 5) is 2.38. The van der Waals surface area contributed by atoms with Gasteiger partial charge >= 0.3 is 0 Å². The van der Waals surface area contributed by atoms with E-state index in [4.69, 9.17) is 0 Å². The monoisotopic (exact) mass is 312 g/mol. The molecule has 0 aliphatic rings. The Labute approximate surface area is 133 Å². The molecule has 0 heterocycles. The molecule has 1 N–H and O–H groups in total. The summed E-state index contributed by atoms with van der Waals surface area (Å²) in [5.41, 5.74) is 0.762. The van der Waals surface area contributed by atoms with E-state index >= 15 is 0 Å². The van der Waals surface area contributed by atoms with Crippen LogP contribution in [-0.2, 0) is 0 Å². The molecule has 21 heavy (non-hydrogen) atoms. The first-order chi connectivity index (χ1) is 10.0. The Hall–Kier alpha value is -0.580. The first-order valence-corrected chi connectivity index (χ1v) is 9.01. The van der Waals surface area contributed by atoms with Crippen molar-refractivity contribution >= 4 is 11.8 Å². The molecule has 0 radical (unpaired) electrons. The highest BCUT2D eigenvalue weighted by Crippen LogP contribution is 2.25. The SMILES string of the molecule is CNC(c1ccccc1F)C(C)CN(C)C(C)CCSC.